The molecule has 3 fully saturated rings. The molecule has 0 spiro atoms. The number of rotatable bonds is 4. The standard InChI is InChI=1S/C20H20N6O/c1-14-2-3-16(22-7-14)17-4-5-23-26(17)18(27)20-10-19(11-20,12-20)13-25-9-15(6-21)8-24-25/h2-3,5,7-9,17H,4,10-13H2,1H3. The molecule has 136 valence electrons. The second-order valence-corrected chi connectivity index (χ2v) is 8.31. The lowest BCUT2D eigenvalue weighted by Gasteiger charge is -2.69. The van der Waals surface area contributed by atoms with Gasteiger partial charge in [-0.1, -0.05) is 6.07 Å². The number of nitrogens with zero attached hydrogens (tertiary/aromatic N) is 6. The number of nitriles is 1. The van der Waals surface area contributed by atoms with Gasteiger partial charge in [0.1, 0.15) is 12.1 Å². The van der Waals surface area contributed by atoms with Crippen LogP contribution in [0, 0.1) is 29.1 Å². The summed E-state index contributed by atoms with van der Waals surface area (Å²) in [6, 6.07) is 6.03. The Hall–Kier alpha value is -3.01. The molecule has 2 aromatic rings. The minimum Gasteiger partial charge on any atom is -0.272 e. The van der Waals surface area contributed by atoms with E-state index in [4.69, 9.17) is 5.26 Å². The van der Waals surface area contributed by atoms with Crippen LogP contribution >= 0.6 is 0 Å². The molecule has 2 bridgehead atoms. The third-order valence-corrected chi connectivity index (χ3v) is 6.17. The third-order valence-electron chi connectivity index (χ3n) is 6.17. The second kappa shape index (κ2) is 5.49. The second-order valence-electron chi connectivity index (χ2n) is 8.31. The summed E-state index contributed by atoms with van der Waals surface area (Å²) in [5.74, 6) is 0.128. The molecule has 1 unspecified atom stereocenters. The number of aromatic nitrogens is 3. The predicted molar refractivity (Wildman–Crippen MR) is 97.3 cm³/mol. The Balaban J connectivity index is 1.27. The molecule has 27 heavy (non-hydrogen) atoms. The monoisotopic (exact) mass is 360 g/mol. The average Bonchev–Trinajstić information content (AvgIpc) is 3.26. The van der Waals surface area contributed by atoms with Gasteiger partial charge in [0, 0.05) is 31.6 Å². The zero-order chi connectivity index (χ0) is 18.6. The van der Waals surface area contributed by atoms with Gasteiger partial charge < -0.3 is 0 Å². The van der Waals surface area contributed by atoms with E-state index in [9.17, 15) is 4.79 Å². The lowest BCUT2D eigenvalue weighted by atomic mass is 9.34. The van der Waals surface area contributed by atoms with E-state index in [2.05, 4.69) is 21.3 Å². The van der Waals surface area contributed by atoms with Gasteiger partial charge in [0.2, 0.25) is 5.91 Å². The molecular formula is C20H20N6O. The summed E-state index contributed by atoms with van der Waals surface area (Å²) in [6.07, 6.45) is 10.4. The van der Waals surface area contributed by atoms with Crippen molar-refractivity contribution < 1.29 is 4.79 Å². The lowest BCUT2D eigenvalue weighted by Crippen LogP contribution is -2.68. The summed E-state index contributed by atoms with van der Waals surface area (Å²) in [4.78, 5) is 17.7. The van der Waals surface area contributed by atoms with Crippen molar-refractivity contribution >= 4 is 12.1 Å². The van der Waals surface area contributed by atoms with Crippen LogP contribution in [0.25, 0.3) is 0 Å². The van der Waals surface area contributed by atoms with Crippen LogP contribution in [0.4, 0.5) is 0 Å². The highest BCUT2D eigenvalue weighted by Gasteiger charge is 2.72. The molecular weight excluding hydrogens is 340 g/mol. The van der Waals surface area contributed by atoms with E-state index >= 15 is 0 Å². The molecule has 0 saturated heterocycles. The van der Waals surface area contributed by atoms with E-state index in [1.165, 1.54) is 0 Å². The summed E-state index contributed by atoms with van der Waals surface area (Å²) >= 11 is 0. The van der Waals surface area contributed by atoms with Crippen molar-refractivity contribution in [2.45, 2.75) is 45.2 Å². The van der Waals surface area contributed by atoms with Crippen molar-refractivity contribution in [1.82, 2.24) is 19.8 Å². The minimum absolute atomic E-state index is 0.0904. The maximum Gasteiger partial charge on any atom is 0.249 e. The van der Waals surface area contributed by atoms with Gasteiger partial charge in [0.25, 0.3) is 0 Å². The van der Waals surface area contributed by atoms with E-state index in [0.29, 0.717) is 12.0 Å². The zero-order valence-electron chi connectivity index (χ0n) is 15.2. The van der Waals surface area contributed by atoms with Gasteiger partial charge in [0.15, 0.2) is 0 Å². The van der Waals surface area contributed by atoms with Gasteiger partial charge in [-0.3, -0.25) is 14.5 Å². The first-order chi connectivity index (χ1) is 13.0. The summed E-state index contributed by atoms with van der Waals surface area (Å²) in [6.45, 7) is 2.78. The number of carbonyl (C=O) groups is 1. The van der Waals surface area contributed by atoms with Crippen LogP contribution in [0.5, 0.6) is 0 Å². The highest BCUT2D eigenvalue weighted by Crippen LogP contribution is 2.74. The van der Waals surface area contributed by atoms with Crippen LogP contribution in [0.2, 0.25) is 0 Å². The molecule has 3 heterocycles. The van der Waals surface area contributed by atoms with Crippen molar-refractivity contribution in [3.05, 3.63) is 47.5 Å². The highest BCUT2D eigenvalue weighted by atomic mass is 16.2. The SMILES string of the molecule is Cc1ccc(C2CC=NN2C(=O)C23CC(Cn4cc(C#N)cn4)(C2)C3)nc1. The zero-order valence-corrected chi connectivity index (χ0v) is 15.2. The molecule has 1 atom stereocenters. The van der Waals surface area contributed by atoms with Crippen LogP contribution in [0.3, 0.4) is 0 Å². The van der Waals surface area contributed by atoms with Crippen molar-refractivity contribution in [3.63, 3.8) is 0 Å². The first-order valence-corrected chi connectivity index (χ1v) is 9.24. The summed E-state index contributed by atoms with van der Waals surface area (Å²) < 4.78 is 1.83. The number of pyridine rings is 1. The van der Waals surface area contributed by atoms with Gasteiger partial charge in [-0.05, 0) is 43.2 Å². The maximum absolute atomic E-state index is 13.2. The molecule has 0 N–H and O–H groups in total. The fraction of sp³-hybridized carbons (Fsp3) is 0.450. The molecule has 0 radical (unpaired) electrons. The van der Waals surface area contributed by atoms with Crippen LogP contribution < -0.4 is 0 Å². The summed E-state index contributed by atoms with van der Waals surface area (Å²) in [5.41, 5.74) is 2.46. The van der Waals surface area contributed by atoms with Crippen molar-refractivity contribution in [1.29, 1.82) is 5.26 Å². The van der Waals surface area contributed by atoms with Crippen molar-refractivity contribution in [3.8, 4) is 6.07 Å². The molecule has 7 heteroatoms. The normalized spacial score (nSPS) is 30.5. The van der Waals surface area contributed by atoms with Crippen molar-refractivity contribution in [2.24, 2.45) is 15.9 Å². The molecule has 2 aromatic heterocycles. The number of hydrogen-bond donors (Lipinski definition) is 0. The molecule has 3 saturated carbocycles. The average molecular weight is 360 g/mol. The Kier molecular flexibility index (Phi) is 3.29. The van der Waals surface area contributed by atoms with Gasteiger partial charge in [0.05, 0.1) is 22.9 Å². The topological polar surface area (TPSA) is 87.2 Å². The third kappa shape index (κ3) is 2.40. The Labute approximate surface area is 157 Å². The Morgan fingerprint density at radius 1 is 1.33 bits per heavy atom. The maximum atomic E-state index is 13.2. The molecule has 1 aliphatic heterocycles. The fourth-order valence-corrected chi connectivity index (χ4v) is 5.02. The molecule has 7 nitrogen and oxygen atoms in total. The molecule has 1 amide bonds. The van der Waals surface area contributed by atoms with E-state index in [1.807, 2.05) is 36.1 Å². The van der Waals surface area contributed by atoms with E-state index in [-0.39, 0.29) is 22.8 Å². The Bertz CT molecular complexity index is 963. The number of hydrazone groups is 1. The van der Waals surface area contributed by atoms with Gasteiger partial charge in [-0.2, -0.15) is 15.5 Å². The van der Waals surface area contributed by atoms with Crippen molar-refractivity contribution in [2.75, 3.05) is 0 Å². The largest absolute Gasteiger partial charge is 0.272 e. The minimum atomic E-state index is -0.268. The quantitative estimate of drug-likeness (QED) is 0.838. The molecule has 4 aliphatic rings. The predicted octanol–water partition coefficient (Wildman–Crippen LogP) is 2.59. The van der Waals surface area contributed by atoms with Crippen LogP contribution in [0.15, 0.2) is 35.8 Å². The van der Waals surface area contributed by atoms with E-state index in [0.717, 1.165) is 37.1 Å². The highest BCUT2D eigenvalue weighted by molar-refractivity contribution is 5.88. The van der Waals surface area contributed by atoms with Gasteiger partial charge >= 0.3 is 0 Å². The molecule has 0 aromatic carbocycles. The molecule has 6 rings (SSSR count). The Morgan fingerprint density at radius 2 is 2.15 bits per heavy atom. The van der Waals surface area contributed by atoms with Crippen LogP contribution in [-0.4, -0.2) is 31.9 Å². The van der Waals surface area contributed by atoms with Gasteiger partial charge in [-0.15, -0.1) is 0 Å². The smallest absolute Gasteiger partial charge is 0.249 e. The number of amides is 1. The number of hydrogen-bond acceptors (Lipinski definition) is 5. The van der Waals surface area contributed by atoms with Gasteiger partial charge in [-0.25, -0.2) is 5.01 Å². The van der Waals surface area contributed by atoms with E-state index < -0.39 is 0 Å². The lowest BCUT2D eigenvalue weighted by molar-refractivity contribution is -0.223. The number of aryl methyl sites for hydroxylation is 1. The Morgan fingerprint density at radius 3 is 2.81 bits per heavy atom. The number of carbonyl (C=O) groups excluding carboxylic acids is 1. The van der Waals surface area contributed by atoms with Crippen LogP contribution in [-0.2, 0) is 11.3 Å². The van der Waals surface area contributed by atoms with Crippen LogP contribution in [0.1, 0.15) is 48.5 Å². The van der Waals surface area contributed by atoms with E-state index in [1.54, 1.807) is 17.4 Å². The fourth-order valence-electron chi connectivity index (χ4n) is 5.02. The summed E-state index contributed by atoms with van der Waals surface area (Å²) in [7, 11) is 0. The molecule has 3 aliphatic carbocycles. The first-order valence-electron chi connectivity index (χ1n) is 9.24. The first kappa shape index (κ1) is 16.2. The summed E-state index contributed by atoms with van der Waals surface area (Å²) in [5, 5.41) is 19.2.